The van der Waals surface area contributed by atoms with E-state index in [2.05, 4.69) is 93.3 Å². The summed E-state index contributed by atoms with van der Waals surface area (Å²) in [7, 11) is 0. The van der Waals surface area contributed by atoms with Crippen LogP contribution < -0.4 is 10.3 Å². The quantitative estimate of drug-likeness (QED) is 0.215. The van der Waals surface area contributed by atoms with Crippen molar-refractivity contribution in [3.8, 4) is 11.1 Å². The summed E-state index contributed by atoms with van der Waals surface area (Å²) in [6, 6.07) is 35.4. The lowest BCUT2D eigenvalue weighted by atomic mass is 9.73. The fourth-order valence-corrected chi connectivity index (χ4v) is 6.69. The normalized spacial score (nSPS) is 14.0. The van der Waals surface area contributed by atoms with E-state index in [0.29, 0.717) is 22.5 Å². The van der Waals surface area contributed by atoms with Gasteiger partial charge in [0.2, 0.25) is 0 Å². The summed E-state index contributed by atoms with van der Waals surface area (Å²) in [4.78, 5) is 15.9. The molecular weight excluding hydrogens is 530 g/mol. The number of rotatable bonds is 3. The van der Waals surface area contributed by atoms with Crippen LogP contribution in [0, 0.1) is 0 Å². The van der Waals surface area contributed by atoms with E-state index in [1.807, 2.05) is 42.5 Å². The highest BCUT2D eigenvalue weighted by molar-refractivity contribution is 6.07. The zero-order valence-corrected chi connectivity index (χ0v) is 24.6. The minimum Gasteiger partial charge on any atom is -0.463 e. The summed E-state index contributed by atoms with van der Waals surface area (Å²) >= 11 is 0. The van der Waals surface area contributed by atoms with Crippen LogP contribution in [0.25, 0.3) is 44.0 Å². The molecule has 1 aliphatic heterocycles. The molecule has 0 saturated heterocycles. The highest BCUT2D eigenvalue weighted by Crippen LogP contribution is 2.53. The first kappa shape index (κ1) is 25.6. The Kier molecular flexibility index (Phi) is 5.48. The molecule has 5 aromatic carbocycles. The average molecular weight is 562 g/mol. The van der Waals surface area contributed by atoms with Crippen molar-refractivity contribution in [2.45, 2.75) is 39.0 Å². The highest BCUT2D eigenvalue weighted by atomic mass is 16.3. The summed E-state index contributed by atoms with van der Waals surface area (Å²) in [6.07, 6.45) is 1.58. The van der Waals surface area contributed by atoms with Crippen molar-refractivity contribution in [3.63, 3.8) is 0 Å². The van der Waals surface area contributed by atoms with E-state index in [9.17, 15) is 4.79 Å². The molecule has 2 aromatic heterocycles. The standard InChI is InChI=1S/C39H31NO3/c1-23(2)25-15-18-35-29(19-25)38(41)30(22-42-35)24-13-16-26(17-14-24)40-33-11-7-6-10-31(33)39(3,4)32-20-28-27-9-5-8-12-36(27)43-37(28)21-34(32)40/h5-23H,1-4H3. The van der Waals surface area contributed by atoms with Crippen molar-refractivity contribution in [1.82, 2.24) is 0 Å². The van der Waals surface area contributed by atoms with Crippen LogP contribution >= 0.6 is 0 Å². The second-order valence-corrected chi connectivity index (χ2v) is 12.4. The van der Waals surface area contributed by atoms with Gasteiger partial charge in [-0.1, -0.05) is 82.3 Å². The average Bonchev–Trinajstić information content (AvgIpc) is 3.39. The van der Waals surface area contributed by atoms with Gasteiger partial charge >= 0.3 is 0 Å². The smallest absolute Gasteiger partial charge is 0.200 e. The Labute approximate surface area is 249 Å². The van der Waals surface area contributed by atoms with Gasteiger partial charge < -0.3 is 13.7 Å². The predicted octanol–water partition coefficient (Wildman–Crippen LogP) is 10.6. The van der Waals surface area contributed by atoms with E-state index in [0.717, 1.165) is 50.1 Å². The van der Waals surface area contributed by atoms with Gasteiger partial charge in [-0.3, -0.25) is 4.79 Å². The van der Waals surface area contributed by atoms with E-state index in [-0.39, 0.29) is 10.8 Å². The molecule has 0 spiro atoms. The van der Waals surface area contributed by atoms with Gasteiger partial charge in [0.25, 0.3) is 0 Å². The zero-order chi connectivity index (χ0) is 29.5. The molecule has 1 aliphatic rings. The van der Waals surface area contributed by atoms with Crippen LogP contribution in [-0.4, -0.2) is 0 Å². The molecule has 0 N–H and O–H groups in total. The summed E-state index contributed by atoms with van der Waals surface area (Å²) < 4.78 is 12.3. The SMILES string of the molecule is CC(C)c1ccc2occ(-c3ccc(N4c5ccccc5C(C)(C)c5cc6c(cc54)oc4ccccc46)cc3)c(=O)c2c1. The van der Waals surface area contributed by atoms with Crippen LogP contribution in [-0.2, 0) is 5.41 Å². The molecule has 0 aliphatic carbocycles. The van der Waals surface area contributed by atoms with Gasteiger partial charge in [-0.05, 0) is 70.6 Å². The summed E-state index contributed by atoms with van der Waals surface area (Å²) in [5.41, 5.74) is 10.4. The first-order chi connectivity index (χ1) is 20.8. The van der Waals surface area contributed by atoms with Gasteiger partial charge in [-0.15, -0.1) is 0 Å². The number of anilines is 3. The van der Waals surface area contributed by atoms with Crippen molar-refractivity contribution < 1.29 is 8.83 Å². The van der Waals surface area contributed by atoms with E-state index in [1.54, 1.807) is 6.26 Å². The molecule has 8 rings (SSSR count). The predicted molar refractivity (Wildman–Crippen MR) is 176 cm³/mol. The first-order valence-corrected chi connectivity index (χ1v) is 14.8. The molecule has 0 unspecified atom stereocenters. The van der Waals surface area contributed by atoms with Crippen LogP contribution in [0.3, 0.4) is 0 Å². The maximum Gasteiger partial charge on any atom is 0.200 e. The topological polar surface area (TPSA) is 46.6 Å². The van der Waals surface area contributed by atoms with Crippen molar-refractivity contribution in [3.05, 3.63) is 136 Å². The van der Waals surface area contributed by atoms with E-state index < -0.39 is 0 Å². The minimum absolute atomic E-state index is 0.0146. The number of fused-ring (bicyclic) bond motifs is 6. The molecule has 210 valence electrons. The Hall–Kier alpha value is -5.09. The lowest BCUT2D eigenvalue weighted by molar-refractivity contribution is 0.604. The number of nitrogens with zero attached hydrogens (tertiary/aromatic N) is 1. The van der Waals surface area contributed by atoms with Crippen LogP contribution in [0.1, 0.15) is 50.3 Å². The van der Waals surface area contributed by atoms with Crippen LogP contribution in [0.4, 0.5) is 17.1 Å². The van der Waals surface area contributed by atoms with Gasteiger partial charge in [0.1, 0.15) is 23.0 Å². The molecule has 7 aromatic rings. The number of benzene rings is 5. The van der Waals surface area contributed by atoms with Crippen molar-refractivity contribution in [2.24, 2.45) is 0 Å². The van der Waals surface area contributed by atoms with Crippen molar-refractivity contribution >= 4 is 50.0 Å². The monoisotopic (exact) mass is 561 g/mol. The maximum absolute atomic E-state index is 13.6. The molecule has 4 nitrogen and oxygen atoms in total. The molecule has 3 heterocycles. The third-order valence-corrected chi connectivity index (χ3v) is 9.13. The molecule has 4 heteroatoms. The molecule has 43 heavy (non-hydrogen) atoms. The second kappa shape index (κ2) is 9.20. The first-order valence-electron chi connectivity index (χ1n) is 14.8. The Balaban J connectivity index is 1.29. The fraction of sp³-hybridized carbons (Fsp3) is 0.154. The number of hydrogen-bond donors (Lipinski definition) is 0. The third kappa shape index (κ3) is 3.79. The Bertz CT molecular complexity index is 2270. The van der Waals surface area contributed by atoms with Crippen LogP contribution in [0.5, 0.6) is 0 Å². The summed E-state index contributed by atoms with van der Waals surface area (Å²) in [5, 5.41) is 2.87. The maximum atomic E-state index is 13.6. The molecule has 0 saturated carbocycles. The molecule has 0 bridgehead atoms. The number of hydrogen-bond acceptors (Lipinski definition) is 4. The van der Waals surface area contributed by atoms with E-state index >= 15 is 0 Å². The molecule has 0 radical (unpaired) electrons. The number of para-hydroxylation sites is 2. The second-order valence-electron chi connectivity index (χ2n) is 12.4. The summed E-state index contributed by atoms with van der Waals surface area (Å²) in [5.74, 6) is 0.327. The van der Waals surface area contributed by atoms with E-state index in [4.69, 9.17) is 8.83 Å². The molecule has 0 amide bonds. The molecular formula is C39H31NO3. The lowest BCUT2D eigenvalue weighted by Gasteiger charge is -2.42. The van der Waals surface area contributed by atoms with Crippen molar-refractivity contribution in [2.75, 3.05) is 4.90 Å². The Morgan fingerprint density at radius 1 is 0.674 bits per heavy atom. The van der Waals surface area contributed by atoms with Crippen LogP contribution in [0.2, 0.25) is 0 Å². The van der Waals surface area contributed by atoms with Crippen molar-refractivity contribution in [1.29, 1.82) is 0 Å². The zero-order valence-electron chi connectivity index (χ0n) is 24.6. The summed E-state index contributed by atoms with van der Waals surface area (Å²) in [6.45, 7) is 8.84. The van der Waals surface area contributed by atoms with Gasteiger partial charge in [0.15, 0.2) is 5.43 Å². The molecule has 0 atom stereocenters. The lowest BCUT2D eigenvalue weighted by Crippen LogP contribution is -2.30. The largest absolute Gasteiger partial charge is 0.463 e. The van der Waals surface area contributed by atoms with Crippen LogP contribution in [0.15, 0.2) is 123 Å². The Morgan fingerprint density at radius 2 is 1.44 bits per heavy atom. The fourth-order valence-electron chi connectivity index (χ4n) is 6.69. The number of furan rings is 1. The molecule has 0 fully saturated rings. The highest BCUT2D eigenvalue weighted by Gasteiger charge is 2.37. The van der Waals surface area contributed by atoms with Gasteiger partial charge in [0.05, 0.1) is 22.3 Å². The third-order valence-electron chi connectivity index (χ3n) is 9.13. The van der Waals surface area contributed by atoms with E-state index in [1.165, 1.54) is 11.1 Å². The Morgan fingerprint density at radius 3 is 2.26 bits per heavy atom. The van der Waals surface area contributed by atoms with Gasteiger partial charge in [0, 0.05) is 27.9 Å². The van der Waals surface area contributed by atoms with Gasteiger partial charge in [-0.25, -0.2) is 0 Å². The van der Waals surface area contributed by atoms with Gasteiger partial charge in [-0.2, -0.15) is 0 Å². The minimum atomic E-state index is -0.214.